The van der Waals surface area contributed by atoms with Gasteiger partial charge >= 0.3 is 5.97 Å². The first-order valence-electron chi connectivity index (χ1n) is 10.0. The van der Waals surface area contributed by atoms with Gasteiger partial charge in [-0.2, -0.15) is 0 Å². The quantitative estimate of drug-likeness (QED) is 0.318. The molecule has 150 valence electrons. The maximum absolute atomic E-state index is 13.2. The average molecular weight is 397 g/mol. The Labute approximate surface area is 175 Å². The van der Waals surface area contributed by atoms with E-state index >= 15 is 0 Å². The van der Waals surface area contributed by atoms with Gasteiger partial charge in [0, 0.05) is 24.4 Å². The molecule has 0 atom stereocenters. The van der Waals surface area contributed by atoms with Gasteiger partial charge in [-0.15, -0.1) is 0 Å². The second kappa shape index (κ2) is 8.78. The second-order valence-corrected chi connectivity index (χ2v) is 7.24. The summed E-state index contributed by atoms with van der Waals surface area (Å²) in [5, 5.41) is 0.865. The summed E-state index contributed by atoms with van der Waals surface area (Å²) in [5.74, 6) is -0.563. The first-order chi connectivity index (χ1) is 14.6. The molecule has 1 heterocycles. The smallest absolute Gasteiger partial charge is 0.306 e. The predicted molar refractivity (Wildman–Crippen MR) is 118 cm³/mol. The Bertz CT molecular complexity index is 1180. The number of para-hydroxylation sites is 1. The molecule has 4 aromatic rings. The van der Waals surface area contributed by atoms with E-state index in [1.165, 1.54) is 0 Å². The van der Waals surface area contributed by atoms with Crippen molar-refractivity contribution in [1.82, 2.24) is 4.57 Å². The molecule has 0 saturated carbocycles. The number of esters is 1. The number of rotatable bonds is 7. The molecule has 1 aromatic heterocycles. The normalized spacial score (nSPS) is 10.8. The monoisotopic (exact) mass is 397 g/mol. The minimum Gasteiger partial charge on any atom is -0.457 e. The number of hydrogen-bond donors (Lipinski definition) is 0. The number of ether oxygens (including phenoxy) is 1. The molecule has 4 heteroatoms. The van der Waals surface area contributed by atoms with Crippen molar-refractivity contribution in [2.24, 2.45) is 7.05 Å². The Hall–Kier alpha value is -3.66. The molecule has 3 aromatic carbocycles. The highest BCUT2D eigenvalue weighted by Crippen LogP contribution is 2.33. The van der Waals surface area contributed by atoms with Gasteiger partial charge in [0.05, 0.1) is 11.3 Å². The largest absolute Gasteiger partial charge is 0.457 e. The van der Waals surface area contributed by atoms with Gasteiger partial charge in [0.1, 0.15) is 0 Å². The molecule has 4 rings (SSSR count). The Kier molecular flexibility index (Phi) is 5.75. The number of aryl methyl sites for hydroxylation is 2. The van der Waals surface area contributed by atoms with Crippen LogP contribution in [0.1, 0.15) is 22.3 Å². The minimum absolute atomic E-state index is 0.196. The highest BCUT2D eigenvalue weighted by molar-refractivity contribution is 6.14. The zero-order valence-electron chi connectivity index (χ0n) is 16.9. The van der Waals surface area contributed by atoms with Gasteiger partial charge in [0.15, 0.2) is 6.61 Å². The number of hydrogen-bond acceptors (Lipinski definition) is 3. The minimum atomic E-state index is -0.367. The van der Waals surface area contributed by atoms with Crippen molar-refractivity contribution in [3.05, 3.63) is 96.1 Å². The van der Waals surface area contributed by atoms with Crippen molar-refractivity contribution >= 4 is 22.7 Å². The van der Waals surface area contributed by atoms with Crippen LogP contribution in [0.5, 0.6) is 0 Å². The Balaban J connectivity index is 1.55. The molecular formula is C26H23NO3. The molecule has 4 nitrogen and oxygen atoms in total. The van der Waals surface area contributed by atoms with Crippen molar-refractivity contribution in [2.75, 3.05) is 6.61 Å². The summed E-state index contributed by atoms with van der Waals surface area (Å²) >= 11 is 0. The molecule has 0 saturated heterocycles. The summed E-state index contributed by atoms with van der Waals surface area (Å²) in [7, 11) is 1.95. The average Bonchev–Trinajstić information content (AvgIpc) is 3.10. The summed E-state index contributed by atoms with van der Waals surface area (Å²) in [4.78, 5) is 25.4. The van der Waals surface area contributed by atoms with Crippen molar-refractivity contribution in [2.45, 2.75) is 12.8 Å². The van der Waals surface area contributed by atoms with Crippen LogP contribution >= 0.6 is 0 Å². The van der Waals surface area contributed by atoms with Crippen LogP contribution in [0.3, 0.4) is 0 Å². The highest BCUT2D eigenvalue weighted by atomic mass is 16.5. The van der Waals surface area contributed by atoms with Gasteiger partial charge in [0.25, 0.3) is 0 Å². The molecule has 0 aliphatic carbocycles. The molecule has 30 heavy (non-hydrogen) atoms. The van der Waals surface area contributed by atoms with Crippen LogP contribution in [-0.2, 0) is 23.0 Å². The van der Waals surface area contributed by atoms with E-state index < -0.39 is 0 Å². The van der Waals surface area contributed by atoms with E-state index in [1.54, 1.807) is 0 Å². The molecule has 0 spiro atoms. The Morgan fingerprint density at radius 2 is 1.47 bits per heavy atom. The summed E-state index contributed by atoms with van der Waals surface area (Å²) < 4.78 is 7.35. The third-order valence-corrected chi connectivity index (χ3v) is 5.26. The lowest BCUT2D eigenvalue weighted by molar-refractivity contribution is -0.142. The highest BCUT2D eigenvalue weighted by Gasteiger charge is 2.23. The van der Waals surface area contributed by atoms with Crippen molar-refractivity contribution in [3.8, 4) is 11.3 Å². The first kappa shape index (κ1) is 19.6. The third-order valence-electron chi connectivity index (χ3n) is 5.26. The lowest BCUT2D eigenvalue weighted by Gasteiger charge is -2.09. The zero-order valence-corrected chi connectivity index (χ0v) is 16.9. The van der Waals surface area contributed by atoms with E-state index in [-0.39, 0.29) is 24.8 Å². The van der Waals surface area contributed by atoms with Gasteiger partial charge in [-0.05, 0) is 23.6 Å². The molecule has 0 N–H and O–H groups in total. The van der Waals surface area contributed by atoms with Crippen LogP contribution in [0, 0.1) is 0 Å². The standard InChI is InChI=1S/C26H23NO3/c1-27-22-15-9-8-14-21(22)25(26(27)20-12-6-3-7-13-20)23(28)18-30-24(29)17-16-19-10-4-2-5-11-19/h2-15H,16-18H2,1H3. The van der Waals surface area contributed by atoms with Crippen LogP contribution < -0.4 is 0 Å². The Morgan fingerprint density at radius 1 is 0.833 bits per heavy atom. The molecule has 0 fully saturated rings. The number of carbonyl (C=O) groups is 2. The molecule has 0 aliphatic rings. The van der Waals surface area contributed by atoms with Gasteiger partial charge in [-0.25, -0.2) is 0 Å². The molecule has 0 amide bonds. The van der Waals surface area contributed by atoms with Crippen LogP contribution in [0.4, 0.5) is 0 Å². The maximum Gasteiger partial charge on any atom is 0.306 e. The van der Waals surface area contributed by atoms with Gasteiger partial charge in [0.2, 0.25) is 5.78 Å². The second-order valence-electron chi connectivity index (χ2n) is 7.24. The molecule has 0 bridgehead atoms. The maximum atomic E-state index is 13.2. The number of fused-ring (bicyclic) bond motifs is 1. The number of ketones is 1. The molecule has 0 radical (unpaired) electrons. The van der Waals surface area contributed by atoms with E-state index in [9.17, 15) is 9.59 Å². The van der Waals surface area contributed by atoms with E-state index in [0.29, 0.717) is 12.0 Å². The molecule has 0 aliphatic heterocycles. The fraction of sp³-hybridized carbons (Fsp3) is 0.154. The number of nitrogens with zero attached hydrogens (tertiary/aromatic N) is 1. The number of benzene rings is 3. The SMILES string of the molecule is Cn1c(-c2ccccc2)c(C(=O)COC(=O)CCc2ccccc2)c2ccccc21. The fourth-order valence-corrected chi connectivity index (χ4v) is 3.79. The predicted octanol–water partition coefficient (Wildman–Crippen LogP) is 5.20. The summed E-state index contributed by atoms with van der Waals surface area (Å²) in [6.45, 7) is -0.262. The van der Waals surface area contributed by atoms with E-state index in [0.717, 1.165) is 27.7 Å². The summed E-state index contributed by atoms with van der Waals surface area (Å²) in [6, 6.07) is 27.4. The van der Waals surface area contributed by atoms with E-state index in [1.807, 2.05) is 96.5 Å². The van der Waals surface area contributed by atoms with Crippen molar-refractivity contribution in [3.63, 3.8) is 0 Å². The molecule has 0 unspecified atom stereocenters. The van der Waals surface area contributed by atoms with Crippen LogP contribution in [-0.4, -0.2) is 22.9 Å². The number of carbonyl (C=O) groups excluding carboxylic acids is 2. The fourth-order valence-electron chi connectivity index (χ4n) is 3.79. The Morgan fingerprint density at radius 3 is 2.20 bits per heavy atom. The van der Waals surface area contributed by atoms with E-state index in [2.05, 4.69) is 0 Å². The van der Waals surface area contributed by atoms with Crippen molar-refractivity contribution < 1.29 is 14.3 Å². The number of aromatic nitrogens is 1. The van der Waals surface area contributed by atoms with Gasteiger partial charge < -0.3 is 9.30 Å². The lowest BCUT2D eigenvalue weighted by atomic mass is 10.0. The lowest BCUT2D eigenvalue weighted by Crippen LogP contribution is -2.15. The van der Waals surface area contributed by atoms with Crippen LogP contribution in [0.2, 0.25) is 0 Å². The van der Waals surface area contributed by atoms with Crippen LogP contribution in [0.15, 0.2) is 84.9 Å². The van der Waals surface area contributed by atoms with Crippen LogP contribution in [0.25, 0.3) is 22.2 Å². The summed E-state index contributed by atoms with van der Waals surface area (Å²) in [6.07, 6.45) is 0.843. The van der Waals surface area contributed by atoms with E-state index in [4.69, 9.17) is 4.74 Å². The first-order valence-corrected chi connectivity index (χ1v) is 10.0. The topological polar surface area (TPSA) is 48.3 Å². The molecular weight excluding hydrogens is 374 g/mol. The third kappa shape index (κ3) is 4.03. The van der Waals surface area contributed by atoms with Gasteiger partial charge in [-0.1, -0.05) is 78.9 Å². The van der Waals surface area contributed by atoms with Crippen molar-refractivity contribution in [1.29, 1.82) is 0 Å². The van der Waals surface area contributed by atoms with Gasteiger partial charge in [-0.3, -0.25) is 9.59 Å². The zero-order chi connectivity index (χ0) is 20.9. The number of Topliss-reactive ketones (excluding diaryl/α,β-unsaturated/α-hetero) is 1. The summed E-state index contributed by atoms with van der Waals surface area (Å²) in [5.41, 5.74) is 4.42.